The quantitative estimate of drug-likeness (QED) is 0.338. The van der Waals surface area contributed by atoms with E-state index in [1.54, 1.807) is 31.2 Å². The summed E-state index contributed by atoms with van der Waals surface area (Å²) >= 11 is 6.29. The molecule has 2 N–H and O–H groups in total. The first-order chi connectivity index (χ1) is 15.6. The Morgan fingerprint density at radius 1 is 1.09 bits per heavy atom. The molecule has 4 aromatic rings. The lowest BCUT2D eigenvalue weighted by Gasteiger charge is -2.05. The lowest BCUT2D eigenvalue weighted by molar-refractivity contribution is -0.137. The fourth-order valence-corrected chi connectivity index (χ4v) is 3.25. The summed E-state index contributed by atoms with van der Waals surface area (Å²) in [6, 6.07) is 12.5. The number of benzene rings is 3. The number of carboxylic acids is 1. The summed E-state index contributed by atoms with van der Waals surface area (Å²) in [7, 11) is 0. The van der Waals surface area contributed by atoms with E-state index in [1.165, 1.54) is 18.2 Å². The van der Waals surface area contributed by atoms with Gasteiger partial charge in [-0.2, -0.15) is 18.2 Å². The molecule has 0 spiro atoms. The van der Waals surface area contributed by atoms with E-state index in [2.05, 4.69) is 21.8 Å². The summed E-state index contributed by atoms with van der Waals surface area (Å²) in [5.41, 5.74) is 1.89. The second kappa shape index (κ2) is 8.52. The van der Waals surface area contributed by atoms with Crippen LogP contribution in [0.15, 0.2) is 54.6 Å². The number of fused-ring (bicyclic) bond motifs is 1. The predicted molar refractivity (Wildman–Crippen MR) is 117 cm³/mol. The Morgan fingerprint density at radius 2 is 1.82 bits per heavy atom. The number of hydrogen-bond acceptors (Lipinski definition) is 3. The number of carbonyl (C=O) groups is 1. The minimum absolute atomic E-state index is 0.118. The Balaban J connectivity index is 1.59. The number of aryl methyl sites for hydroxylation is 1. The largest absolute Gasteiger partial charge is 0.478 e. The smallest absolute Gasteiger partial charge is 0.416 e. The number of ether oxygens (including phenoxy) is 1. The molecule has 1 aromatic heterocycles. The lowest BCUT2D eigenvalue weighted by Crippen LogP contribution is -2.04. The molecule has 0 aliphatic rings. The number of H-pyrrole nitrogens is 1. The molecule has 33 heavy (non-hydrogen) atoms. The fraction of sp³-hybridized carbons (Fsp3) is 0.0833. The molecule has 0 amide bonds. The van der Waals surface area contributed by atoms with Crippen LogP contribution in [0.2, 0.25) is 5.02 Å². The number of rotatable bonds is 3. The Kier molecular flexibility index (Phi) is 5.75. The first kappa shape index (κ1) is 22.2. The van der Waals surface area contributed by atoms with Crippen LogP contribution >= 0.6 is 11.6 Å². The average molecular weight is 471 g/mol. The molecule has 5 nitrogen and oxygen atoms in total. The van der Waals surface area contributed by atoms with Gasteiger partial charge in [-0.25, -0.2) is 4.79 Å². The van der Waals surface area contributed by atoms with Crippen LogP contribution in [0.1, 0.15) is 32.6 Å². The predicted octanol–water partition coefficient (Wildman–Crippen LogP) is 6.43. The summed E-state index contributed by atoms with van der Waals surface area (Å²) in [5, 5.41) is 9.57. The molecule has 1 heterocycles. The Bertz CT molecular complexity index is 1430. The molecule has 0 bridgehead atoms. The molecule has 0 saturated carbocycles. The van der Waals surface area contributed by atoms with Crippen LogP contribution in [0, 0.1) is 18.8 Å². The summed E-state index contributed by atoms with van der Waals surface area (Å²) in [6.45, 7) is 1.68. The zero-order valence-corrected chi connectivity index (χ0v) is 17.7. The molecule has 166 valence electrons. The molecule has 0 saturated heterocycles. The van der Waals surface area contributed by atoms with Gasteiger partial charge in [0.05, 0.1) is 27.2 Å². The van der Waals surface area contributed by atoms with Gasteiger partial charge >= 0.3 is 12.1 Å². The zero-order valence-electron chi connectivity index (χ0n) is 16.9. The number of halogens is 4. The van der Waals surface area contributed by atoms with Crippen LogP contribution in [0.3, 0.4) is 0 Å². The molecule has 4 rings (SSSR count). The maximum Gasteiger partial charge on any atom is 0.416 e. The third-order valence-corrected chi connectivity index (χ3v) is 5.07. The summed E-state index contributed by atoms with van der Waals surface area (Å²) in [5.74, 6) is 4.87. The van der Waals surface area contributed by atoms with Crippen molar-refractivity contribution in [2.45, 2.75) is 13.1 Å². The topological polar surface area (TPSA) is 75.2 Å². The second-order valence-corrected chi connectivity index (χ2v) is 7.51. The fourth-order valence-electron chi connectivity index (χ4n) is 3.04. The van der Waals surface area contributed by atoms with Gasteiger partial charge in [-0.1, -0.05) is 29.5 Å². The Labute approximate surface area is 190 Å². The minimum atomic E-state index is -4.41. The van der Waals surface area contributed by atoms with E-state index in [-0.39, 0.29) is 11.6 Å². The molecular weight excluding hydrogens is 457 g/mol. The third-order valence-electron chi connectivity index (χ3n) is 4.76. The zero-order chi connectivity index (χ0) is 23.8. The van der Waals surface area contributed by atoms with Crippen LogP contribution in [0.5, 0.6) is 11.8 Å². The normalized spacial score (nSPS) is 11.2. The molecule has 9 heteroatoms. The van der Waals surface area contributed by atoms with Crippen LogP contribution in [0.4, 0.5) is 13.2 Å². The SMILES string of the molecule is Cc1ccc(Oc2nc3cc(Cl)c(C#Cc4ccc(C(F)(F)F)cc4)cc3[nH]2)cc1C(=O)O. The monoisotopic (exact) mass is 470 g/mol. The highest BCUT2D eigenvalue weighted by molar-refractivity contribution is 6.32. The maximum absolute atomic E-state index is 12.7. The number of alkyl halides is 3. The number of nitrogens with zero attached hydrogens (tertiary/aromatic N) is 1. The highest BCUT2D eigenvalue weighted by atomic mass is 35.5. The summed E-state index contributed by atoms with van der Waals surface area (Å²) < 4.78 is 43.7. The van der Waals surface area contributed by atoms with Crippen molar-refractivity contribution in [1.82, 2.24) is 9.97 Å². The van der Waals surface area contributed by atoms with Crippen LogP contribution in [-0.4, -0.2) is 21.0 Å². The Hall–Kier alpha value is -3.96. The number of aromatic nitrogens is 2. The second-order valence-electron chi connectivity index (χ2n) is 7.10. The van der Waals surface area contributed by atoms with E-state index >= 15 is 0 Å². The molecule has 0 unspecified atom stereocenters. The highest BCUT2D eigenvalue weighted by Gasteiger charge is 2.29. The first-order valence-corrected chi connectivity index (χ1v) is 9.88. The number of hydrogen-bond donors (Lipinski definition) is 2. The van der Waals surface area contributed by atoms with Crippen molar-refractivity contribution in [3.63, 3.8) is 0 Å². The van der Waals surface area contributed by atoms with Gasteiger partial charge in [-0.15, -0.1) is 0 Å². The lowest BCUT2D eigenvalue weighted by atomic mass is 10.1. The van der Waals surface area contributed by atoms with E-state index in [4.69, 9.17) is 16.3 Å². The summed E-state index contributed by atoms with van der Waals surface area (Å²) in [4.78, 5) is 18.6. The molecule has 3 aromatic carbocycles. The van der Waals surface area contributed by atoms with E-state index in [0.29, 0.717) is 38.5 Å². The van der Waals surface area contributed by atoms with E-state index in [0.717, 1.165) is 12.1 Å². The van der Waals surface area contributed by atoms with Gasteiger partial charge < -0.3 is 14.8 Å². The molecular formula is C24H14ClF3N2O3. The van der Waals surface area contributed by atoms with Crippen molar-refractivity contribution >= 4 is 28.6 Å². The molecule has 0 atom stereocenters. The number of nitrogens with one attached hydrogen (secondary N) is 1. The van der Waals surface area contributed by atoms with Crippen LogP contribution < -0.4 is 4.74 Å². The third kappa shape index (κ3) is 4.94. The minimum Gasteiger partial charge on any atom is -0.478 e. The first-order valence-electron chi connectivity index (χ1n) is 9.50. The molecule has 0 aliphatic carbocycles. The van der Waals surface area contributed by atoms with Crippen molar-refractivity contribution < 1.29 is 27.8 Å². The van der Waals surface area contributed by atoms with Gasteiger partial charge in [-0.3, -0.25) is 0 Å². The Morgan fingerprint density at radius 3 is 2.48 bits per heavy atom. The molecule has 0 radical (unpaired) electrons. The number of aromatic amines is 1. The van der Waals surface area contributed by atoms with E-state index < -0.39 is 17.7 Å². The van der Waals surface area contributed by atoms with Crippen LogP contribution in [-0.2, 0) is 6.18 Å². The van der Waals surface area contributed by atoms with Crippen molar-refractivity contribution in [1.29, 1.82) is 0 Å². The van der Waals surface area contributed by atoms with Crippen molar-refractivity contribution in [2.24, 2.45) is 0 Å². The van der Waals surface area contributed by atoms with Crippen molar-refractivity contribution in [2.75, 3.05) is 0 Å². The van der Waals surface area contributed by atoms with Gasteiger partial charge in [0.15, 0.2) is 0 Å². The molecule has 0 aliphatic heterocycles. The maximum atomic E-state index is 12.7. The van der Waals surface area contributed by atoms with E-state index in [1.807, 2.05) is 0 Å². The van der Waals surface area contributed by atoms with Crippen molar-refractivity contribution in [3.05, 3.63) is 87.4 Å². The number of carboxylic acid groups (broad SMARTS) is 1. The summed E-state index contributed by atoms with van der Waals surface area (Å²) in [6.07, 6.45) is -4.41. The van der Waals surface area contributed by atoms with E-state index in [9.17, 15) is 23.1 Å². The van der Waals surface area contributed by atoms with Gasteiger partial charge in [-0.05, 0) is 61.0 Å². The van der Waals surface area contributed by atoms with Gasteiger partial charge in [0.2, 0.25) is 0 Å². The number of imidazole rings is 1. The van der Waals surface area contributed by atoms with Crippen molar-refractivity contribution in [3.8, 4) is 23.6 Å². The van der Waals surface area contributed by atoms with Gasteiger partial charge in [0.1, 0.15) is 5.75 Å². The van der Waals surface area contributed by atoms with Gasteiger partial charge in [0, 0.05) is 11.1 Å². The standard InChI is InChI=1S/C24H14ClF3N2O3/c1-13-2-9-17(11-18(13)22(31)32)33-23-29-20-10-15(19(25)12-21(20)30-23)6-3-14-4-7-16(8-5-14)24(26,27)28/h2,4-5,7-12H,1H3,(H,29,30)(H,31,32). The molecule has 0 fully saturated rings. The van der Waals surface area contributed by atoms with Crippen LogP contribution in [0.25, 0.3) is 11.0 Å². The number of aromatic carboxylic acids is 1. The van der Waals surface area contributed by atoms with Gasteiger partial charge in [0.25, 0.3) is 6.01 Å². The highest BCUT2D eigenvalue weighted by Crippen LogP contribution is 2.29. The average Bonchev–Trinajstić information content (AvgIpc) is 3.13.